The zero-order valence-corrected chi connectivity index (χ0v) is 7.88. The van der Waals surface area contributed by atoms with Crippen LogP contribution < -0.4 is 0 Å². The first-order valence-electron chi connectivity index (χ1n) is 4.34. The van der Waals surface area contributed by atoms with Gasteiger partial charge in [0, 0.05) is 6.42 Å². The molecule has 0 saturated heterocycles. The topological polar surface area (TPSA) is 38.7 Å². The fraction of sp³-hybridized carbons (Fsp3) is 0.778. The van der Waals surface area contributed by atoms with Gasteiger partial charge >= 0.3 is 0 Å². The van der Waals surface area contributed by atoms with Crippen LogP contribution >= 0.6 is 0 Å². The van der Waals surface area contributed by atoms with Gasteiger partial charge in [-0.05, 0) is 33.1 Å². The van der Waals surface area contributed by atoms with Crippen molar-refractivity contribution in [3.63, 3.8) is 0 Å². The first-order chi connectivity index (χ1) is 5.77. The third-order valence-electron chi connectivity index (χ3n) is 1.30. The van der Waals surface area contributed by atoms with Gasteiger partial charge in [-0.25, -0.2) is 0 Å². The monoisotopic (exact) mass is 171 g/mol. The lowest BCUT2D eigenvalue weighted by Crippen LogP contribution is -1.91. The van der Waals surface area contributed by atoms with Crippen LogP contribution in [0.1, 0.15) is 39.5 Å². The average molecular weight is 171 g/mol. The number of rotatable bonds is 7. The summed E-state index contributed by atoms with van der Waals surface area (Å²) in [6.45, 7) is 4.45. The van der Waals surface area contributed by atoms with Crippen LogP contribution in [0.4, 0.5) is 0 Å². The molecule has 0 fully saturated rings. The number of oxime groups is 1. The van der Waals surface area contributed by atoms with Gasteiger partial charge in [-0.15, -0.1) is 0 Å². The van der Waals surface area contributed by atoms with E-state index in [2.05, 4.69) is 5.16 Å². The molecule has 0 bridgehead atoms. The van der Waals surface area contributed by atoms with Crippen molar-refractivity contribution >= 4 is 12.0 Å². The van der Waals surface area contributed by atoms with E-state index in [1.807, 2.05) is 13.8 Å². The Morgan fingerprint density at radius 1 is 1.33 bits per heavy atom. The summed E-state index contributed by atoms with van der Waals surface area (Å²) in [6, 6.07) is 0. The van der Waals surface area contributed by atoms with Crippen molar-refractivity contribution in [2.45, 2.75) is 39.5 Å². The molecular weight excluding hydrogens is 154 g/mol. The van der Waals surface area contributed by atoms with E-state index in [0.717, 1.165) is 31.3 Å². The van der Waals surface area contributed by atoms with Crippen LogP contribution in [0, 0.1) is 0 Å². The zero-order valence-electron chi connectivity index (χ0n) is 7.88. The number of carbonyl (C=O) groups excluding carboxylic acids is 1. The van der Waals surface area contributed by atoms with E-state index in [1.54, 1.807) is 0 Å². The Hall–Kier alpha value is -0.860. The molecular formula is C9H17NO2. The molecule has 0 atom stereocenters. The number of hydrogen-bond donors (Lipinski definition) is 0. The molecule has 0 rings (SSSR count). The molecule has 0 radical (unpaired) electrons. The minimum Gasteiger partial charge on any atom is -0.396 e. The molecule has 3 nitrogen and oxygen atoms in total. The van der Waals surface area contributed by atoms with Gasteiger partial charge in [-0.3, -0.25) is 0 Å². The quantitative estimate of drug-likeness (QED) is 0.255. The second kappa shape index (κ2) is 8.24. The van der Waals surface area contributed by atoms with E-state index in [1.165, 1.54) is 0 Å². The van der Waals surface area contributed by atoms with Gasteiger partial charge in [0.2, 0.25) is 0 Å². The predicted molar refractivity (Wildman–Crippen MR) is 49.3 cm³/mol. The highest BCUT2D eigenvalue weighted by Gasteiger charge is 1.88. The number of carbonyl (C=O) groups is 1. The predicted octanol–water partition coefficient (Wildman–Crippen LogP) is 2.16. The molecule has 12 heavy (non-hydrogen) atoms. The lowest BCUT2D eigenvalue weighted by atomic mass is 10.2. The number of hydrogen-bond acceptors (Lipinski definition) is 3. The highest BCUT2D eigenvalue weighted by Crippen LogP contribution is 1.98. The Labute approximate surface area is 73.8 Å². The van der Waals surface area contributed by atoms with E-state index in [4.69, 9.17) is 4.84 Å². The molecule has 0 spiro atoms. The molecule has 3 heteroatoms. The fourth-order valence-corrected chi connectivity index (χ4v) is 0.746. The third kappa shape index (κ3) is 9.14. The van der Waals surface area contributed by atoms with Gasteiger partial charge in [0.05, 0.1) is 5.71 Å². The maximum Gasteiger partial charge on any atom is 0.119 e. The van der Waals surface area contributed by atoms with Gasteiger partial charge < -0.3 is 9.63 Å². The summed E-state index contributed by atoms with van der Waals surface area (Å²) in [5, 5.41) is 3.79. The van der Waals surface area contributed by atoms with E-state index in [0.29, 0.717) is 13.0 Å². The molecule has 0 N–H and O–H groups in total. The second-order valence-electron chi connectivity index (χ2n) is 2.89. The van der Waals surface area contributed by atoms with Crippen LogP contribution in [0.25, 0.3) is 0 Å². The maximum absolute atomic E-state index is 9.93. The molecule has 0 amide bonds. The molecule has 70 valence electrons. The first kappa shape index (κ1) is 11.1. The molecule has 0 saturated carbocycles. The SMILES string of the molecule is CC(C)=NOCCCCCC=O. The number of nitrogens with zero attached hydrogens (tertiary/aromatic N) is 1. The fourth-order valence-electron chi connectivity index (χ4n) is 0.746. The third-order valence-corrected chi connectivity index (χ3v) is 1.30. The van der Waals surface area contributed by atoms with E-state index in [-0.39, 0.29) is 0 Å². The summed E-state index contributed by atoms with van der Waals surface area (Å²) >= 11 is 0. The zero-order chi connectivity index (χ0) is 9.23. The minimum atomic E-state index is 0.657. The van der Waals surface area contributed by atoms with Crippen LogP contribution in [0.2, 0.25) is 0 Å². The Morgan fingerprint density at radius 2 is 2.08 bits per heavy atom. The first-order valence-corrected chi connectivity index (χ1v) is 4.34. The maximum atomic E-state index is 9.93. The van der Waals surface area contributed by atoms with Crippen LogP contribution in [0.3, 0.4) is 0 Å². The Bertz CT molecular complexity index is 139. The van der Waals surface area contributed by atoms with Gasteiger partial charge in [-0.2, -0.15) is 0 Å². The van der Waals surface area contributed by atoms with Crippen molar-refractivity contribution in [1.82, 2.24) is 0 Å². The van der Waals surface area contributed by atoms with Gasteiger partial charge in [0.15, 0.2) is 0 Å². The van der Waals surface area contributed by atoms with Crippen molar-refractivity contribution in [3.8, 4) is 0 Å². The molecule has 0 aromatic carbocycles. The van der Waals surface area contributed by atoms with E-state index >= 15 is 0 Å². The van der Waals surface area contributed by atoms with Gasteiger partial charge in [-0.1, -0.05) is 5.16 Å². The average Bonchev–Trinajstić information content (AvgIpc) is 2.02. The molecule has 0 heterocycles. The standard InChI is InChI=1S/C9H17NO2/c1-9(2)10-12-8-6-4-3-5-7-11/h7H,3-6,8H2,1-2H3. The van der Waals surface area contributed by atoms with Crippen molar-refractivity contribution in [3.05, 3.63) is 0 Å². The number of aldehydes is 1. The molecule has 0 aliphatic carbocycles. The summed E-state index contributed by atoms with van der Waals surface area (Å²) in [6.07, 6.45) is 4.59. The second-order valence-corrected chi connectivity index (χ2v) is 2.89. The van der Waals surface area contributed by atoms with Crippen LogP contribution in [-0.2, 0) is 9.63 Å². The van der Waals surface area contributed by atoms with Crippen molar-refractivity contribution in [1.29, 1.82) is 0 Å². The normalized spacial score (nSPS) is 9.17. The summed E-state index contributed by atoms with van der Waals surface area (Å²) in [7, 11) is 0. The lowest BCUT2D eigenvalue weighted by molar-refractivity contribution is -0.107. The molecule has 0 aliphatic heterocycles. The summed E-state index contributed by atoms with van der Waals surface area (Å²) < 4.78 is 0. The summed E-state index contributed by atoms with van der Waals surface area (Å²) in [5.74, 6) is 0. The van der Waals surface area contributed by atoms with Crippen molar-refractivity contribution in [2.24, 2.45) is 5.16 Å². The van der Waals surface area contributed by atoms with E-state index < -0.39 is 0 Å². The summed E-state index contributed by atoms with van der Waals surface area (Å²) in [4.78, 5) is 14.9. The summed E-state index contributed by atoms with van der Waals surface area (Å²) in [5.41, 5.74) is 0.933. The van der Waals surface area contributed by atoms with Crippen LogP contribution in [0.15, 0.2) is 5.16 Å². The molecule has 0 aliphatic rings. The largest absolute Gasteiger partial charge is 0.396 e. The Balaban J connectivity index is 3.00. The van der Waals surface area contributed by atoms with Crippen molar-refractivity contribution < 1.29 is 9.63 Å². The van der Waals surface area contributed by atoms with Gasteiger partial charge in [0.25, 0.3) is 0 Å². The Morgan fingerprint density at radius 3 is 2.67 bits per heavy atom. The molecule has 0 unspecified atom stereocenters. The molecule has 0 aromatic heterocycles. The van der Waals surface area contributed by atoms with Crippen molar-refractivity contribution in [2.75, 3.05) is 6.61 Å². The van der Waals surface area contributed by atoms with E-state index in [9.17, 15) is 4.79 Å². The number of unbranched alkanes of at least 4 members (excludes halogenated alkanes) is 3. The van der Waals surface area contributed by atoms with Crippen LogP contribution in [-0.4, -0.2) is 18.6 Å². The Kier molecular flexibility index (Phi) is 7.65. The highest BCUT2D eigenvalue weighted by molar-refractivity contribution is 5.78. The van der Waals surface area contributed by atoms with Crippen LogP contribution in [0.5, 0.6) is 0 Å². The highest BCUT2D eigenvalue weighted by atomic mass is 16.6. The minimum absolute atomic E-state index is 0.657. The smallest absolute Gasteiger partial charge is 0.119 e. The molecule has 0 aromatic rings. The lowest BCUT2D eigenvalue weighted by Gasteiger charge is -1.98. The van der Waals surface area contributed by atoms with Gasteiger partial charge in [0.1, 0.15) is 12.9 Å².